The molecule has 0 saturated carbocycles. The number of carbonyl (C=O) groups excluding carboxylic acids is 6. The zero-order valence-electron chi connectivity index (χ0n) is 26.0. The molecule has 0 unspecified atom stereocenters. The standard InChI is InChI=1S/C28H37N5O10S2/c1-8-9-15(16-12-45-25(30-16)32-26(39)43-28(5,6)7)19(34)31-17-20(35)33-18(14(10-40-24(29)38)11-44-21(17)33)22(36)41-13-42-23(37)27(2,3)4/h9,12,17,21H,8,10-11,13H2,1-7H3,(H2,29,38)(H,31,34)(H,30,32,39)/b15-9-/t17-,21+/m1/s1. The summed E-state index contributed by atoms with van der Waals surface area (Å²) < 4.78 is 20.2. The van der Waals surface area contributed by atoms with Crippen LogP contribution in [0.1, 0.15) is 60.6 Å². The first-order valence-electron chi connectivity index (χ1n) is 13.8. The number of rotatable bonds is 10. The predicted molar refractivity (Wildman–Crippen MR) is 164 cm³/mol. The molecule has 15 nitrogen and oxygen atoms in total. The van der Waals surface area contributed by atoms with Crippen molar-refractivity contribution in [2.45, 2.75) is 71.9 Å². The van der Waals surface area contributed by atoms with Crippen LogP contribution in [0.25, 0.3) is 5.57 Å². The van der Waals surface area contributed by atoms with Crippen molar-refractivity contribution in [1.29, 1.82) is 0 Å². The van der Waals surface area contributed by atoms with E-state index in [1.165, 1.54) is 11.8 Å². The fourth-order valence-electron chi connectivity index (χ4n) is 3.94. The zero-order chi connectivity index (χ0) is 33.7. The Hall–Kier alpha value is -4.12. The molecule has 45 heavy (non-hydrogen) atoms. The fraction of sp³-hybridized carbons (Fsp3) is 0.536. The Morgan fingerprint density at radius 2 is 1.80 bits per heavy atom. The summed E-state index contributed by atoms with van der Waals surface area (Å²) in [5.74, 6) is -2.65. The van der Waals surface area contributed by atoms with Crippen LogP contribution in [0.3, 0.4) is 0 Å². The molecule has 4 N–H and O–H groups in total. The van der Waals surface area contributed by atoms with Crippen molar-refractivity contribution in [2.24, 2.45) is 11.1 Å². The Morgan fingerprint density at radius 3 is 2.40 bits per heavy atom. The molecule has 0 aromatic carbocycles. The van der Waals surface area contributed by atoms with Crippen LogP contribution in [0, 0.1) is 5.41 Å². The number of nitrogens with one attached hydrogen (secondary N) is 2. The molecular formula is C28H37N5O10S2. The summed E-state index contributed by atoms with van der Waals surface area (Å²) in [6, 6.07) is -1.01. The van der Waals surface area contributed by atoms with Crippen molar-refractivity contribution in [3.63, 3.8) is 0 Å². The number of ether oxygens (including phenoxy) is 4. The second-order valence-electron chi connectivity index (χ2n) is 11.8. The van der Waals surface area contributed by atoms with Gasteiger partial charge < -0.3 is 30.0 Å². The van der Waals surface area contributed by atoms with Gasteiger partial charge >= 0.3 is 24.1 Å². The number of aromatic nitrogens is 1. The number of nitrogens with zero attached hydrogens (tertiary/aromatic N) is 2. The molecule has 2 aliphatic rings. The number of carbonyl (C=O) groups is 6. The number of β-lactam (4-membered cyclic amide) rings is 1. The summed E-state index contributed by atoms with van der Waals surface area (Å²) in [5, 5.41) is 6.36. The number of esters is 2. The van der Waals surface area contributed by atoms with Gasteiger partial charge in [0.15, 0.2) is 5.13 Å². The van der Waals surface area contributed by atoms with E-state index in [1.807, 2.05) is 6.92 Å². The molecule has 0 aliphatic carbocycles. The highest BCUT2D eigenvalue weighted by atomic mass is 32.2. The fourth-order valence-corrected chi connectivity index (χ4v) is 5.97. The molecule has 1 fully saturated rings. The topological polar surface area (TPSA) is 206 Å². The van der Waals surface area contributed by atoms with Gasteiger partial charge in [-0.2, -0.15) is 0 Å². The van der Waals surface area contributed by atoms with Crippen LogP contribution < -0.4 is 16.4 Å². The summed E-state index contributed by atoms with van der Waals surface area (Å²) in [6.07, 6.45) is 0.332. The molecule has 0 bridgehead atoms. The number of hydrogen-bond donors (Lipinski definition) is 3. The molecule has 0 radical (unpaired) electrons. The average Bonchev–Trinajstić information content (AvgIpc) is 3.38. The number of primary amides is 1. The van der Waals surface area contributed by atoms with Crippen molar-refractivity contribution in [3.05, 3.63) is 28.4 Å². The van der Waals surface area contributed by atoms with E-state index in [9.17, 15) is 28.8 Å². The maximum absolute atomic E-state index is 13.4. The first kappa shape index (κ1) is 35.4. The van der Waals surface area contributed by atoms with Crippen LogP contribution in [-0.2, 0) is 38.1 Å². The molecule has 1 aromatic rings. The number of nitrogens with two attached hydrogens (primary N) is 1. The minimum atomic E-state index is -1.08. The first-order chi connectivity index (χ1) is 20.9. The molecule has 4 amide bonds. The molecular weight excluding hydrogens is 630 g/mol. The van der Waals surface area contributed by atoms with Crippen LogP contribution in [-0.4, -0.2) is 82.0 Å². The highest BCUT2D eigenvalue weighted by molar-refractivity contribution is 8.00. The number of thioether (sulfide) groups is 1. The van der Waals surface area contributed by atoms with Gasteiger partial charge in [0.25, 0.3) is 11.8 Å². The number of fused-ring (bicyclic) bond motifs is 1. The first-order valence-corrected chi connectivity index (χ1v) is 15.8. The molecule has 17 heteroatoms. The SMILES string of the molecule is CC/C=C(\C(=O)N[C@@H]1C(=O)N2C(C(=O)OCOC(=O)C(C)(C)C)=C(COC(N)=O)CS[C@@H]12)c1csc(NC(=O)OC(C)(C)C)n1. The molecule has 0 spiro atoms. The van der Waals surface area contributed by atoms with E-state index in [4.69, 9.17) is 24.7 Å². The van der Waals surface area contributed by atoms with Crippen LogP contribution in [0.15, 0.2) is 22.7 Å². The van der Waals surface area contributed by atoms with Gasteiger partial charge in [-0.3, -0.25) is 24.6 Å². The Kier molecular flexibility index (Phi) is 11.3. The minimum Gasteiger partial charge on any atom is -0.445 e. The van der Waals surface area contributed by atoms with Gasteiger partial charge in [0, 0.05) is 16.7 Å². The van der Waals surface area contributed by atoms with E-state index in [1.54, 1.807) is 53.0 Å². The molecule has 3 heterocycles. The highest BCUT2D eigenvalue weighted by Gasteiger charge is 2.54. The van der Waals surface area contributed by atoms with E-state index in [2.05, 4.69) is 15.6 Å². The van der Waals surface area contributed by atoms with E-state index in [-0.39, 0.29) is 40.0 Å². The van der Waals surface area contributed by atoms with E-state index in [0.717, 1.165) is 16.2 Å². The highest BCUT2D eigenvalue weighted by Crippen LogP contribution is 2.41. The summed E-state index contributed by atoms with van der Waals surface area (Å²) in [5.41, 5.74) is 4.07. The third kappa shape index (κ3) is 9.20. The number of amides is 4. The Morgan fingerprint density at radius 1 is 1.11 bits per heavy atom. The van der Waals surface area contributed by atoms with Crippen LogP contribution >= 0.6 is 23.1 Å². The molecule has 1 saturated heterocycles. The maximum atomic E-state index is 13.4. The van der Waals surface area contributed by atoms with E-state index in [0.29, 0.717) is 6.42 Å². The lowest BCUT2D eigenvalue weighted by atomic mass is 9.98. The van der Waals surface area contributed by atoms with Gasteiger partial charge in [-0.1, -0.05) is 13.0 Å². The van der Waals surface area contributed by atoms with E-state index >= 15 is 0 Å². The van der Waals surface area contributed by atoms with Crippen molar-refractivity contribution in [3.8, 4) is 0 Å². The number of allylic oxidation sites excluding steroid dienone is 1. The Labute approximate surface area is 268 Å². The average molecular weight is 668 g/mol. The lowest BCUT2D eigenvalue weighted by Crippen LogP contribution is -2.70. The van der Waals surface area contributed by atoms with Crippen molar-refractivity contribution in [2.75, 3.05) is 24.5 Å². The van der Waals surface area contributed by atoms with Gasteiger partial charge in [-0.05, 0) is 48.0 Å². The summed E-state index contributed by atoms with van der Waals surface area (Å²) in [7, 11) is 0. The third-order valence-electron chi connectivity index (χ3n) is 5.95. The third-order valence-corrected chi connectivity index (χ3v) is 8.05. The van der Waals surface area contributed by atoms with Gasteiger partial charge in [-0.25, -0.2) is 19.4 Å². The molecule has 2 atom stereocenters. The summed E-state index contributed by atoms with van der Waals surface area (Å²) in [6.45, 7) is 10.8. The molecule has 246 valence electrons. The van der Waals surface area contributed by atoms with Gasteiger partial charge in [0.1, 0.15) is 29.3 Å². The zero-order valence-corrected chi connectivity index (χ0v) is 27.6. The van der Waals surface area contributed by atoms with Gasteiger partial charge in [0.05, 0.1) is 16.7 Å². The van der Waals surface area contributed by atoms with Crippen LogP contribution in [0.5, 0.6) is 0 Å². The van der Waals surface area contributed by atoms with Crippen molar-refractivity contribution in [1.82, 2.24) is 15.2 Å². The lowest BCUT2D eigenvalue weighted by Gasteiger charge is -2.49. The Bertz CT molecular complexity index is 1420. The molecule has 1 aromatic heterocycles. The summed E-state index contributed by atoms with van der Waals surface area (Å²) >= 11 is 2.32. The number of hydrogen-bond acceptors (Lipinski definition) is 13. The Balaban J connectivity index is 1.74. The van der Waals surface area contributed by atoms with Crippen LogP contribution in [0.4, 0.5) is 14.7 Å². The smallest absolute Gasteiger partial charge is 0.413 e. The second kappa shape index (κ2) is 14.3. The largest absolute Gasteiger partial charge is 0.445 e. The maximum Gasteiger partial charge on any atom is 0.413 e. The van der Waals surface area contributed by atoms with Gasteiger partial charge in [-0.15, -0.1) is 23.1 Å². The summed E-state index contributed by atoms with van der Waals surface area (Å²) in [4.78, 5) is 80.7. The van der Waals surface area contributed by atoms with Crippen molar-refractivity contribution < 1.29 is 47.7 Å². The number of thiazole rings is 1. The quantitative estimate of drug-likeness (QED) is 0.108. The minimum absolute atomic E-state index is 0.143. The normalized spacial score (nSPS) is 18.3. The lowest BCUT2D eigenvalue weighted by molar-refractivity contribution is -0.173. The van der Waals surface area contributed by atoms with Crippen LogP contribution in [0.2, 0.25) is 0 Å². The number of anilines is 1. The molecule has 2 aliphatic heterocycles. The second-order valence-corrected chi connectivity index (χ2v) is 13.8. The predicted octanol–water partition coefficient (Wildman–Crippen LogP) is 3.12. The monoisotopic (exact) mass is 667 g/mol. The van der Waals surface area contributed by atoms with Crippen molar-refractivity contribution >= 4 is 69.7 Å². The van der Waals surface area contributed by atoms with Gasteiger partial charge in [0.2, 0.25) is 6.79 Å². The molecule has 3 rings (SSSR count). The van der Waals surface area contributed by atoms with E-state index < -0.39 is 65.2 Å².